The summed E-state index contributed by atoms with van der Waals surface area (Å²) in [7, 11) is 2.16. The van der Waals surface area contributed by atoms with Crippen molar-refractivity contribution >= 4 is 48.8 Å². The monoisotopic (exact) mass is 367 g/mol. The van der Waals surface area contributed by atoms with Gasteiger partial charge in [0.25, 0.3) is 0 Å². The fourth-order valence-electron chi connectivity index (χ4n) is 1.88. The SMILES string of the molecule is CCN(C)CC(Sc1ccccc1S)Sc1ccccc1S. The van der Waals surface area contributed by atoms with E-state index in [2.05, 4.69) is 68.4 Å². The Morgan fingerprint density at radius 3 is 1.77 bits per heavy atom. The second-order valence-corrected chi connectivity index (χ2v) is 8.71. The molecule has 0 fully saturated rings. The molecule has 0 unspecified atom stereocenters. The molecule has 0 spiro atoms. The molecule has 0 N–H and O–H groups in total. The van der Waals surface area contributed by atoms with Crippen LogP contribution in [0.15, 0.2) is 68.1 Å². The Morgan fingerprint density at radius 2 is 1.36 bits per heavy atom. The molecule has 0 aromatic heterocycles. The van der Waals surface area contributed by atoms with E-state index in [-0.39, 0.29) is 0 Å². The standard InChI is InChI=1S/C17H21NS4/c1-3-18(2)12-17(21-15-10-6-4-8-13(15)19)22-16-11-7-5-9-14(16)20/h4-11,17,19-20H,3,12H2,1-2H3. The quantitative estimate of drug-likeness (QED) is 0.382. The highest BCUT2D eigenvalue weighted by Gasteiger charge is 2.16. The number of hydrogen-bond donors (Lipinski definition) is 2. The zero-order valence-corrected chi connectivity index (χ0v) is 16.2. The molecule has 0 aliphatic rings. The van der Waals surface area contributed by atoms with Crippen molar-refractivity contribution in [1.82, 2.24) is 4.90 Å². The van der Waals surface area contributed by atoms with E-state index in [4.69, 9.17) is 0 Å². The van der Waals surface area contributed by atoms with Crippen LogP contribution < -0.4 is 0 Å². The Balaban J connectivity index is 2.16. The van der Waals surface area contributed by atoms with Gasteiger partial charge in [-0.1, -0.05) is 31.2 Å². The third-order valence-electron chi connectivity index (χ3n) is 3.25. The summed E-state index contributed by atoms with van der Waals surface area (Å²) in [5.74, 6) is 0. The molecular formula is C17H21NS4. The summed E-state index contributed by atoms with van der Waals surface area (Å²) < 4.78 is 0.395. The van der Waals surface area contributed by atoms with Crippen LogP contribution in [0.1, 0.15) is 6.92 Å². The van der Waals surface area contributed by atoms with E-state index in [1.54, 1.807) is 0 Å². The van der Waals surface area contributed by atoms with Gasteiger partial charge in [0, 0.05) is 26.1 Å². The van der Waals surface area contributed by atoms with Gasteiger partial charge in [-0.3, -0.25) is 0 Å². The lowest BCUT2D eigenvalue weighted by molar-refractivity contribution is 0.371. The van der Waals surface area contributed by atoms with Gasteiger partial charge in [0.2, 0.25) is 0 Å². The number of hydrogen-bond acceptors (Lipinski definition) is 5. The van der Waals surface area contributed by atoms with Crippen molar-refractivity contribution in [2.75, 3.05) is 20.1 Å². The van der Waals surface area contributed by atoms with E-state index in [1.807, 2.05) is 47.8 Å². The number of rotatable bonds is 7. The maximum absolute atomic E-state index is 4.57. The van der Waals surface area contributed by atoms with Gasteiger partial charge >= 0.3 is 0 Å². The topological polar surface area (TPSA) is 3.24 Å². The molecule has 118 valence electrons. The fraction of sp³-hybridized carbons (Fsp3) is 0.294. The summed E-state index contributed by atoms with van der Waals surface area (Å²) in [6.45, 7) is 4.24. The van der Waals surface area contributed by atoms with Crippen molar-refractivity contribution in [1.29, 1.82) is 0 Å². The minimum absolute atomic E-state index is 0.395. The lowest BCUT2D eigenvalue weighted by atomic mass is 10.4. The van der Waals surface area contributed by atoms with E-state index in [1.165, 1.54) is 9.79 Å². The first kappa shape index (κ1) is 18.1. The van der Waals surface area contributed by atoms with Crippen LogP contribution in [0.4, 0.5) is 0 Å². The lowest BCUT2D eigenvalue weighted by Gasteiger charge is -2.23. The molecule has 0 heterocycles. The van der Waals surface area contributed by atoms with Crippen molar-refractivity contribution in [3.63, 3.8) is 0 Å². The molecular weight excluding hydrogens is 346 g/mol. The highest BCUT2D eigenvalue weighted by Crippen LogP contribution is 2.39. The van der Waals surface area contributed by atoms with Crippen LogP contribution in [-0.2, 0) is 0 Å². The van der Waals surface area contributed by atoms with Crippen LogP contribution in [-0.4, -0.2) is 29.6 Å². The Hall–Kier alpha value is -0.200. The molecule has 0 aliphatic carbocycles. The molecule has 22 heavy (non-hydrogen) atoms. The third-order valence-corrected chi connectivity index (χ3v) is 6.95. The average molecular weight is 368 g/mol. The minimum atomic E-state index is 0.395. The maximum atomic E-state index is 4.57. The van der Waals surface area contributed by atoms with Crippen molar-refractivity contribution in [3.05, 3.63) is 48.5 Å². The van der Waals surface area contributed by atoms with E-state index in [0.29, 0.717) is 4.58 Å². The number of thiol groups is 2. The van der Waals surface area contributed by atoms with Crippen molar-refractivity contribution in [2.24, 2.45) is 0 Å². The summed E-state index contributed by atoms with van der Waals surface area (Å²) in [5, 5.41) is 0. The summed E-state index contributed by atoms with van der Waals surface area (Å²) >= 11 is 12.9. The molecule has 2 aromatic carbocycles. The van der Waals surface area contributed by atoms with E-state index >= 15 is 0 Å². The molecule has 1 nitrogen and oxygen atoms in total. The Morgan fingerprint density at radius 1 is 0.909 bits per heavy atom. The van der Waals surface area contributed by atoms with Crippen LogP contribution in [0.3, 0.4) is 0 Å². The predicted molar refractivity (Wildman–Crippen MR) is 106 cm³/mol. The van der Waals surface area contributed by atoms with Gasteiger partial charge in [-0.25, -0.2) is 0 Å². The van der Waals surface area contributed by atoms with Crippen LogP contribution in [0.5, 0.6) is 0 Å². The molecule has 0 bridgehead atoms. The van der Waals surface area contributed by atoms with Gasteiger partial charge < -0.3 is 4.90 Å². The molecule has 0 saturated carbocycles. The number of thioether (sulfide) groups is 2. The highest BCUT2D eigenvalue weighted by atomic mass is 32.2. The van der Waals surface area contributed by atoms with E-state index in [9.17, 15) is 0 Å². The number of nitrogens with zero attached hydrogens (tertiary/aromatic N) is 1. The Kier molecular flexibility index (Phi) is 7.57. The maximum Gasteiger partial charge on any atom is 0.0724 e. The van der Waals surface area contributed by atoms with Gasteiger partial charge in [-0.05, 0) is 37.9 Å². The van der Waals surface area contributed by atoms with Gasteiger partial charge in [0.15, 0.2) is 0 Å². The molecule has 2 aromatic rings. The third kappa shape index (κ3) is 5.46. The molecule has 0 amide bonds. The van der Waals surface area contributed by atoms with Crippen molar-refractivity contribution < 1.29 is 0 Å². The normalized spacial score (nSPS) is 11.4. The molecule has 5 heteroatoms. The van der Waals surface area contributed by atoms with Crippen molar-refractivity contribution in [2.45, 2.75) is 31.1 Å². The van der Waals surface area contributed by atoms with Crippen LogP contribution >= 0.6 is 48.8 Å². The predicted octanol–water partition coefficient (Wildman–Crippen LogP) is 5.43. The highest BCUT2D eigenvalue weighted by molar-refractivity contribution is 8.17. The zero-order valence-electron chi connectivity index (χ0n) is 12.8. The Bertz CT molecular complexity index is 555. The Labute approximate surface area is 153 Å². The van der Waals surface area contributed by atoms with Gasteiger partial charge in [0.1, 0.15) is 0 Å². The molecule has 0 saturated heterocycles. The molecule has 0 radical (unpaired) electrons. The van der Waals surface area contributed by atoms with Crippen LogP contribution in [0.2, 0.25) is 0 Å². The molecule has 2 rings (SSSR count). The second-order valence-electron chi connectivity index (χ2n) is 4.96. The molecule has 0 atom stereocenters. The zero-order chi connectivity index (χ0) is 15.9. The summed E-state index contributed by atoms with van der Waals surface area (Å²) in [6.07, 6.45) is 0. The van der Waals surface area contributed by atoms with Crippen LogP contribution in [0, 0.1) is 0 Å². The van der Waals surface area contributed by atoms with Gasteiger partial charge in [0.05, 0.1) is 4.58 Å². The largest absolute Gasteiger partial charge is 0.305 e. The first-order chi connectivity index (χ1) is 10.6. The lowest BCUT2D eigenvalue weighted by Crippen LogP contribution is -2.25. The summed E-state index contributed by atoms with van der Waals surface area (Å²) in [6, 6.07) is 16.6. The van der Waals surface area contributed by atoms with Crippen molar-refractivity contribution in [3.8, 4) is 0 Å². The summed E-state index contributed by atoms with van der Waals surface area (Å²) in [4.78, 5) is 6.87. The van der Waals surface area contributed by atoms with Crippen LogP contribution in [0.25, 0.3) is 0 Å². The molecule has 0 aliphatic heterocycles. The second kappa shape index (κ2) is 9.18. The number of benzene rings is 2. The fourth-order valence-corrected chi connectivity index (χ4v) is 5.25. The van der Waals surface area contributed by atoms with E-state index in [0.717, 1.165) is 22.9 Å². The van der Waals surface area contributed by atoms with Gasteiger partial charge in [-0.15, -0.1) is 48.8 Å². The smallest absolute Gasteiger partial charge is 0.0724 e. The van der Waals surface area contributed by atoms with E-state index < -0.39 is 0 Å². The first-order valence-electron chi connectivity index (χ1n) is 7.18. The minimum Gasteiger partial charge on any atom is -0.305 e. The summed E-state index contributed by atoms with van der Waals surface area (Å²) in [5.41, 5.74) is 0. The average Bonchev–Trinajstić information content (AvgIpc) is 2.51. The van der Waals surface area contributed by atoms with Gasteiger partial charge in [-0.2, -0.15) is 0 Å². The first-order valence-corrected chi connectivity index (χ1v) is 9.83.